The van der Waals surface area contributed by atoms with Crippen molar-refractivity contribution in [3.63, 3.8) is 0 Å². The Balaban J connectivity index is 1.87. The average Bonchev–Trinajstić information content (AvgIpc) is 3.13. The molecule has 3 rings (SSSR count). The van der Waals surface area contributed by atoms with E-state index in [1.807, 2.05) is 0 Å². The maximum absolute atomic E-state index is 6.09. The maximum atomic E-state index is 6.09. The van der Waals surface area contributed by atoms with Crippen molar-refractivity contribution < 1.29 is 4.74 Å². The molecule has 1 aromatic rings. The first kappa shape index (κ1) is 10.2. The Labute approximate surface area is 97.0 Å². The smallest absolute Gasteiger partial charge is 0.124 e. The molecule has 0 aromatic heterocycles. The molecule has 1 aromatic carbocycles. The molecule has 16 heavy (non-hydrogen) atoms. The summed E-state index contributed by atoms with van der Waals surface area (Å²) in [6.07, 6.45) is 4.28. The highest BCUT2D eigenvalue weighted by molar-refractivity contribution is 5.38. The number of hydrogen-bond donors (Lipinski definition) is 1. The van der Waals surface area contributed by atoms with E-state index in [1.54, 1.807) is 0 Å². The van der Waals surface area contributed by atoms with Crippen LogP contribution in [0.2, 0.25) is 0 Å². The Hall–Kier alpha value is -1.02. The van der Waals surface area contributed by atoms with Gasteiger partial charge in [-0.1, -0.05) is 25.1 Å². The second-order valence-corrected chi connectivity index (χ2v) is 4.88. The molecule has 0 amide bonds. The Bertz CT molecular complexity index is 373. The second kappa shape index (κ2) is 4.10. The molecule has 1 aliphatic carbocycles. The summed E-state index contributed by atoms with van der Waals surface area (Å²) in [4.78, 5) is 0. The molecule has 2 unspecified atom stereocenters. The summed E-state index contributed by atoms with van der Waals surface area (Å²) < 4.78 is 6.09. The molecule has 86 valence electrons. The van der Waals surface area contributed by atoms with Crippen LogP contribution in [0.15, 0.2) is 24.3 Å². The molecular formula is C14H19NO. The number of fused-ring (bicyclic) bond motifs is 1. The number of rotatable bonds is 3. The van der Waals surface area contributed by atoms with Gasteiger partial charge in [-0.05, 0) is 31.4 Å². The third kappa shape index (κ3) is 1.82. The molecule has 2 aliphatic rings. The Morgan fingerprint density at radius 3 is 2.88 bits per heavy atom. The van der Waals surface area contributed by atoms with E-state index in [1.165, 1.54) is 18.4 Å². The van der Waals surface area contributed by atoms with Crippen LogP contribution in [0.4, 0.5) is 0 Å². The minimum Gasteiger partial charge on any atom is -0.490 e. The lowest BCUT2D eigenvalue weighted by molar-refractivity contribution is 0.130. The summed E-state index contributed by atoms with van der Waals surface area (Å²) in [7, 11) is 0. The van der Waals surface area contributed by atoms with Gasteiger partial charge in [-0.25, -0.2) is 0 Å². The fraction of sp³-hybridized carbons (Fsp3) is 0.571. The lowest BCUT2D eigenvalue weighted by Crippen LogP contribution is -2.34. The minimum absolute atomic E-state index is 0.443. The molecule has 1 N–H and O–H groups in total. The fourth-order valence-electron chi connectivity index (χ4n) is 2.64. The van der Waals surface area contributed by atoms with Crippen molar-refractivity contribution in [3.8, 4) is 5.75 Å². The standard InChI is InChI=1S/C14H19NO/c1-2-15-12-9-14(10-7-8-10)16-13-6-4-3-5-11(12)13/h3-6,10,12,14-15H,2,7-9H2,1H3. The Morgan fingerprint density at radius 2 is 2.12 bits per heavy atom. The van der Waals surface area contributed by atoms with Crippen LogP contribution in [0, 0.1) is 5.92 Å². The summed E-state index contributed by atoms with van der Waals surface area (Å²) in [5.41, 5.74) is 1.33. The van der Waals surface area contributed by atoms with Crippen LogP contribution in [0.1, 0.15) is 37.8 Å². The van der Waals surface area contributed by atoms with Crippen molar-refractivity contribution in [2.75, 3.05) is 6.54 Å². The second-order valence-electron chi connectivity index (χ2n) is 4.88. The Morgan fingerprint density at radius 1 is 1.31 bits per heavy atom. The number of nitrogens with one attached hydrogen (secondary N) is 1. The van der Waals surface area contributed by atoms with Crippen LogP contribution in [-0.2, 0) is 0 Å². The van der Waals surface area contributed by atoms with Crippen molar-refractivity contribution in [3.05, 3.63) is 29.8 Å². The molecule has 1 aliphatic heterocycles. The zero-order chi connectivity index (χ0) is 11.0. The topological polar surface area (TPSA) is 21.3 Å². The van der Waals surface area contributed by atoms with Crippen LogP contribution in [0.3, 0.4) is 0 Å². The van der Waals surface area contributed by atoms with Gasteiger partial charge in [0.2, 0.25) is 0 Å². The van der Waals surface area contributed by atoms with Crippen molar-refractivity contribution in [1.29, 1.82) is 0 Å². The molecule has 2 atom stereocenters. The zero-order valence-corrected chi connectivity index (χ0v) is 9.78. The van der Waals surface area contributed by atoms with Crippen LogP contribution in [0.25, 0.3) is 0 Å². The van der Waals surface area contributed by atoms with Gasteiger partial charge in [0.15, 0.2) is 0 Å². The fourth-order valence-corrected chi connectivity index (χ4v) is 2.64. The predicted molar refractivity (Wildman–Crippen MR) is 64.6 cm³/mol. The molecule has 0 radical (unpaired) electrons. The highest BCUT2D eigenvalue weighted by atomic mass is 16.5. The van der Waals surface area contributed by atoms with Crippen LogP contribution in [-0.4, -0.2) is 12.6 Å². The quantitative estimate of drug-likeness (QED) is 0.840. The third-order valence-electron chi connectivity index (χ3n) is 3.64. The molecule has 2 nitrogen and oxygen atoms in total. The molecule has 2 heteroatoms. The van der Waals surface area contributed by atoms with Crippen molar-refractivity contribution in [2.45, 2.75) is 38.3 Å². The first-order valence-corrected chi connectivity index (χ1v) is 6.37. The molecule has 1 heterocycles. The van der Waals surface area contributed by atoms with Gasteiger partial charge in [-0.3, -0.25) is 0 Å². The highest BCUT2D eigenvalue weighted by Gasteiger charge is 2.38. The molecule has 1 fully saturated rings. The SMILES string of the molecule is CCNC1CC(C2CC2)Oc2ccccc21. The van der Waals surface area contributed by atoms with E-state index < -0.39 is 0 Å². The average molecular weight is 217 g/mol. The lowest BCUT2D eigenvalue weighted by atomic mass is 9.94. The largest absolute Gasteiger partial charge is 0.490 e. The monoisotopic (exact) mass is 217 g/mol. The van der Waals surface area contributed by atoms with E-state index in [0.29, 0.717) is 12.1 Å². The Kier molecular flexibility index (Phi) is 2.60. The summed E-state index contributed by atoms with van der Waals surface area (Å²) in [6, 6.07) is 8.95. The van der Waals surface area contributed by atoms with Crippen molar-refractivity contribution in [1.82, 2.24) is 5.32 Å². The molecule has 0 spiro atoms. The maximum Gasteiger partial charge on any atom is 0.124 e. The van der Waals surface area contributed by atoms with Gasteiger partial charge in [0.05, 0.1) is 0 Å². The first-order chi connectivity index (χ1) is 7.88. The van der Waals surface area contributed by atoms with Crippen LogP contribution >= 0.6 is 0 Å². The third-order valence-corrected chi connectivity index (χ3v) is 3.64. The molecule has 0 saturated heterocycles. The summed E-state index contributed by atoms with van der Waals surface area (Å²) in [5.74, 6) is 1.91. The highest BCUT2D eigenvalue weighted by Crippen LogP contribution is 2.43. The van der Waals surface area contributed by atoms with Crippen LogP contribution in [0.5, 0.6) is 5.75 Å². The summed E-state index contributed by atoms with van der Waals surface area (Å²) >= 11 is 0. The van der Waals surface area contributed by atoms with Gasteiger partial charge in [-0.15, -0.1) is 0 Å². The van der Waals surface area contributed by atoms with E-state index in [2.05, 4.69) is 36.5 Å². The predicted octanol–water partition coefficient (Wildman–Crippen LogP) is 2.90. The number of hydrogen-bond acceptors (Lipinski definition) is 2. The van der Waals surface area contributed by atoms with Gasteiger partial charge < -0.3 is 10.1 Å². The van der Waals surface area contributed by atoms with E-state index in [0.717, 1.165) is 24.6 Å². The van der Waals surface area contributed by atoms with E-state index in [4.69, 9.17) is 4.74 Å². The normalized spacial score (nSPS) is 28.3. The summed E-state index contributed by atoms with van der Waals surface area (Å²) in [5, 5.41) is 3.57. The van der Waals surface area contributed by atoms with Gasteiger partial charge in [0.25, 0.3) is 0 Å². The van der Waals surface area contributed by atoms with Gasteiger partial charge in [0.1, 0.15) is 11.9 Å². The summed E-state index contributed by atoms with van der Waals surface area (Å²) in [6.45, 7) is 3.20. The van der Waals surface area contributed by atoms with Gasteiger partial charge in [-0.2, -0.15) is 0 Å². The van der Waals surface area contributed by atoms with Gasteiger partial charge >= 0.3 is 0 Å². The first-order valence-electron chi connectivity index (χ1n) is 6.37. The minimum atomic E-state index is 0.443. The number of para-hydroxylation sites is 1. The van der Waals surface area contributed by atoms with E-state index in [-0.39, 0.29) is 0 Å². The molecule has 0 bridgehead atoms. The van der Waals surface area contributed by atoms with Gasteiger partial charge in [0, 0.05) is 18.0 Å². The molecular weight excluding hydrogens is 198 g/mol. The lowest BCUT2D eigenvalue weighted by Gasteiger charge is -2.32. The number of ether oxygens (including phenoxy) is 1. The number of benzene rings is 1. The van der Waals surface area contributed by atoms with Crippen molar-refractivity contribution >= 4 is 0 Å². The van der Waals surface area contributed by atoms with Crippen molar-refractivity contribution in [2.24, 2.45) is 5.92 Å². The van der Waals surface area contributed by atoms with E-state index >= 15 is 0 Å². The molecule has 1 saturated carbocycles. The zero-order valence-electron chi connectivity index (χ0n) is 9.78. The van der Waals surface area contributed by atoms with Crippen LogP contribution < -0.4 is 10.1 Å². The van der Waals surface area contributed by atoms with E-state index in [9.17, 15) is 0 Å².